The lowest BCUT2D eigenvalue weighted by Gasteiger charge is -2.04. The number of nitrogens with zero attached hydrogens (tertiary/aromatic N) is 3. The molecule has 0 aliphatic carbocycles. The molecule has 0 unspecified atom stereocenters. The second-order valence-electron chi connectivity index (χ2n) is 4.31. The zero-order valence-corrected chi connectivity index (χ0v) is 11.7. The molecule has 1 aromatic carbocycles. The smallest absolute Gasteiger partial charge is 0.363 e. The number of nitrogens with one attached hydrogen (secondary N) is 2. The Bertz CT molecular complexity index is 636. The average molecular weight is 287 g/mol. The van der Waals surface area contributed by atoms with Crippen LogP contribution in [0.25, 0.3) is 0 Å². The molecule has 0 aliphatic rings. The van der Waals surface area contributed by atoms with Crippen molar-refractivity contribution in [2.45, 2.75) is 19.8 Å². The van der Waals surface area contributed by atoms with Gasteiger partial charge < -0.3 is 4.74 Å². The van der Waals surface area contributed by atoms with Crippen LogP contribution >= 0.6 is 0 Å². The molecule has 0 amide bonds. The molecule has 2 rings (SSSR count). The minimum absolute atomic E-state index is 0.287. The first-order valence-corrected chi connectivity index (χ1v) is 6.71. The lowest BCUT2D eigenvalue weighted by molar-refractivity contribution is 0.309. The highest BCUT2D eigenvalue weighted by Gasteiger charge is 1.95. The topological polar surface area (TPSA) is 92.3 Å². The van der Waals surface area contributed by atoms with Crippen molar-refractivity contribution in [3.05, 3.63) is 46.5 Å². The third kappa shape index (κ3) is 5.06. The molecule has 0 spiro atoms. The number of benzene rings is 1. The Morgan fingerprint density at radius 2 is 2.19 bits per heavy atom. The van der Waals surface area contributed by atoms with Crippen LogP contribution in [0.3, 0.4) is 0 Å². The summed E-state index contributed by atoms with van der Waals surface area (Å²) in [5.41, 5.74) is 3.02. The second kappa shape index (κ2) is 7.78. The molecule has 110 valence electrons. The number of aromatic nitrogens is 3. The monoisotopic (exact) mass is 287 g/mol. The molecular weight excluding hydrogens is 270 g/mol. The first-order chi connectivity index (χ1) is 10.3. The van der Waals surface area contributed by atoms with Crippen molar-refractivity contribution >= 4 is 12.0 Å². The highest BCUT2D eigenvalue weighted by atomic mass is 16.5. The number of H-pyrrole nitrogens is 1. The van der Waals surface area contributed by atoms with E-state index in [-0.39, 0.29) is 5.82 Å². The quantitative estimate of drug-likeness (QED) is 0.460. The van der Waals surface area contributed by atoms with E-state index in [1.807, 2.05) is 24.3 Å². The molecule has 0 aliphatic heterocycles. The van der Waals surface area contributed by atoms with Gasteiger partial charge in [-0.2, -0.15) is 15.2 Å². The van der Waals surface area contributed by atoms with E-state index in [2.05, 4.69) is 32.6 Å². The maximum Gasteiger partial charge on any atom is 0.363 e. The van der Waals surface area contributed by atoms with E-state index in [9.17, 15) is 4.79 Å². The van der Waals surface area contributed by atoms with Crippen LogP contribution in [0.15, 0.2) is 40.4 Å². The van der Waals surface area contributed by atoms with Gasteiger partial charge in [0.15, 0.2) is 5.82 Å². The Kier molecular flexibility index (Phi) is 5.45. The SMILES string of the molecule is CCCCOc1ccc(/C=N/Nc2cn[nH]c(=O)n2)cc1. The molecule has 21 heavy (non-hydrogen) atoms. The average Bonchev–Trinajstić information content (AvgIpc) is 2.49. The standard InChI is InChI=1S/C14H17N5O2/c1-2-3-8-21-12-6-4-11(5-7-12)9-15-18-13-10-16-19-14(20)17-13/h4-7,9-10H,2-3,8H2,1H3,(H2,17,18,19,20)/b15-9+. The van der Waals surface area contributed by atoms with E-state index in [1.165, 1.54) is 6.20 Å². The number of anilines is 1. The number of hydrogen-bond acceptors (Lipinski definition) is 6. The summed E-state index contributed by atoms with van der Waals surface area (Å²) in [6.45, 7) is 2.85. The van der Waals surface area contributed by atoms with Crippen LogP contribution in [-0.2, 0) is 0 Å². The fourth-order valence-electron chi connectivity index (χ4n) is 1.52. The van der Waals surface area contributed by atoms with Gasteiger partial charge in [0, 0.05) is 0 Å². The van der Waals surface area contributed by atoms with Crippen molar-refractivity contribution in [1.82, 2.24) is 15.2 Å². The molecule has 0 saturated heterocycles. The maximum atomic E-state index is 10.9. The Balaban J connectivity index is 1.87. The van der Waals surface area contributed by atoms with Gasteiger partial charge in [-0.3, -0.25) is 5.43 Å². The largest absolute Gasteiger partial charge is 0.494 e. The van der Waals surface area contributed by atoms with Gasteiger partial charge >= 0.3 is 5.69 Å². The number of rotatable bonds is 7. The summed E-state index contributed by atoms with van der Waals surface area (Å²) in [5, 5.41) is 9.78. The number of ether oxygens (including phenoxy) is 1. The summed E-state index contributed by atoms with van der Waals surface area (Å²) in [4.78, 5) is 14.6. The van der Waals surface area contributed by atoms with Crippen LogP contribution in [0.1, 0.15) is 25.3 Å². The zero-order chi connectivity index (χ0) is 14.9. The molecule has 2 aromatic rings. The van der Waals surface area contributed by atoms with Gasteiger partial charge in [0.05, 0.1) is 19.0 Å². The fourth-order valence-corrected chi connectivity index (χ4v) is 1.52. The van der Waals surface area contributed by atoms with Crippen LogP contribution in [0.4, 0.5) is 5.82 Å². The van der Waals surface area contributed by atoms with Crippen LogP contribution in [0, 0.1) is 0 Å². The molecule has 0 atom stereocenters. The molecule has 0 saturated carbocycles. The molecule has 1 aromatic heterocycles. The molecule has 2 N–H and O–H groups in total. The third-order valence-corrected chi connectivity index (χ3v) is 2.61. The Morgan fingerprint density at radius 1 is 1.38 bits per heavy atom. The van der Waals surface area contributed by atoms with Crippen LogP contribution in [0.2, 0.25) is 0 Å². The molecular formula is C14H17N5O2. The van der Waals surface area contributed by atoms with Gasteiger partial charge in [-0.05, 0) is 36.2 Å². The van der Waals surface area contributed by atoms with E-state index >= 15 is 0 Å². The summed E-state index contributed by atoms with van der Waals surface area (Å²) < 4.78 is 5.57. The molecule has 7 nitrogen and oxygen atoms in total. The predicted molar refractivity (Wildman–Crippen MR) is 80.7 cm³/mol. The molecule has 1 heterocycles. The Hall–Kier alpha value is -2.70. The highest BCUT2D eigenvalue weighted by Crippen LogP contribution is 2.11. The fraction of sp³-hybridized carbons (Fsp3) is 0.286. The van der Waals surface area contributed by atoms with E-state index in [1.54, 1.807) is 6.21 Å². The van der Waals surface area contributed by atoms with Gasteiger partial charge in [0.2, 0.25) is 0 Å². The zero-order valence-electron chi connectivity index (χ0n) is 11.7. The lowest BCUT2D eigenvalue weighted by Crippen LogP contribution is -2.13. The first kappa shape index (κ1) is 14.7. The highest BCUT2D eigenvalue weighted by molar-refractivity contribution is 5.80. The van der Waals surface area contributed by atoms with Gasteiger partial charge in [0.1, 0.15) is 5.75 Å². The lowest BCUT2D eigenvalue weighted by atomic mass is 10.2. The number of aromatic amines is 1. The van der Waals surface area contributed by atoms with Gasteiger partial charge in [-0.25, -0.2) is 9.89 Å². The summed E-state index contributed by atoms with van der Waals surface area (Å²) in [6, 6.07) is 7.58. The molecule has 0 radical (unpaired) electrons. The van der Waals surface area contributed by atoms with Crippen molar-refractivity contribution in [2.75, 3.05) is 12.0 Å². The summed E-state index contributed by atoms with van der Waals surface area (Å²) in [5.74, 6) is 1.13. The first-order valence-electron chi connectivity index (χ1n) is 6.71. The van der Waals surface area contributed by atoms with E-state index < -0.39 is 5.69 Å². The molecule has 0 fully saturated rings. The minimum Gasteiger partial charge on any atom is -0.494 e. The second-order valence-corrected chi connectivity index (χ2v) is 4.31. The van der Waals surface area contributed by atoms with Crippen molar-refractivity contribution < 1.29 is 4.74 Å². The van der Waals surface area contributed by atoms with Crippen molar-refractivity contribution in [3.8, 4) is 5.75 Å². The van der Waals surface area contributed by atoms with E-state index in [0.29, 0.717) is 0 Å². The summed E-state index contributed by atoms with van der Waals surface area (Å²) in [6.07, 6.45) is 5.16. The van der Waals surface area contributed by atoms with Gasteiger partial charge in [-0.1, -0.05) is 13.3 Å². The van der Waals surface area contributed by atoms with Gasteiger partial charge in [-0.15, -0.1) is 0 Å². The Labute approximate surface area is 122 Å². The maximum absolute atomic E-state index is 10.9. The summed E-state index contributed by atoms with van der Waals surface area (Å²) in [7, 11) is 0. The summed E-state index contributed by atoms with van der Waals surface area (Å²) >= 11 is 0. The van der Waals surface area contributed by atoms with Crippen LogP contribution in [0.5, 0.6) is 5.75 Å². The Morgan fingerprint density at radius 3 is 2.90 bits per heavy atom. The number of hydrogen-bond donors (Lipinski definition) is 2. The van der Waals surface area contributed by atoms with Gasteiger partial charge in [0.25, 0.3) is 0 Å². The van der Waals surface area contributed by atoms with Crippen LogP contribution < -0.4 is 15.9 Å². The number of hydrazone groups is 1. The predicted octanol–water partition coefficient (Wildman–Crippen LogP) is 1.79. The van der Waals surface area contributed by atoms with Crippen molar-refractivity contribution in [1.29, 1.82) is 0 Å². The third-order valence-electron chi connectivity index (χ3n) is 2.61. The molecule has 7 heteroatoms. The number of unbranched alkanes of at least 4 members (excludes halogenated alkanes) is 1. The minimum atomic E-state index is -0.524. The van der Waals surface area contributed by atoms with E-state index in [0.717, 1.165) is 30.8 Å². The normalized spacial score (nSPS) is 10.7. The molecule has 0 bridgehead atoms. The van der Waals surface area contributed by atoms with E-state index in [4.69, 9.17) is 4.74 Å². The van der Waals surface area contributed by atoms with Crippen LogP contribution in [-0.4, -0.2) is 28.0 Å². The van der Waals surface area contributed by atoms with Crippen molar-refractivity contribution in [3.63, 3.8) is 0 Å². The van der Waals surface area contributed by atoms with Crippen molar-refractivity contribution in [2.24, 2.45) is 5.10 Å².